The highest BCUT2D eigenvalue weighted by atomic mass is 19.1. The van der Waals surface area contributed by atoms with Crippen LogP contribution in [0, 0.1) is 11.7 Å². The molecule has 1 N–H and O–H groups in total. The van der Waals surface area contributed by atoms with Gasteiger partial charge in [-0.2, -0.15) is 0 Å². The number of nitrogens with zero attached hydrogens (tertiary/aromatic N) is 1. The van der Waals surface area contributed by atoms with Crippen molar-refractivity contribution in [3.63, 3.8) is 0 Å². The van der Waals surface area contributed by atoms with Crippen LogP contribution in [0.4, 0.5) is 4.39 Å². The molecule has 0 bridgehead atoms. The summed E-state index contributed by atoms with van der Waals surface area (Å²) in [4.78, 5) is 24.8. The molecule has 0 spiro atoms. The van der Waals surface area contributed by atoms with Gasteiger partial charge in [-0.3, -0.25) is 4.79 Å². The maximum absolute atomic E-state index is 13.1. The minimum atomic E-state index is -1.05. The van der Waals surface area contributed by atoms with Gasteiger partial charge in [0.15, 0.2) is 6.10 Å². The number of hydrogen-bond donors (Lipinski definition) is 1. The van der Waals surface area contributed by atoms with Gasteiger partial charge in [0.1, 0.15) is 5.82 Å². The van der Waals surface area contributed by atoms with Crippen molar-refractivity contribution in [1.82, 2.24) is 4.90 Å². The van der Waals surface area contributed by atoms with Crippen LogP contribution in [0.1, 0.15) is 18.9 Å². The van der Waals surface area contributed by atoms with E-state index in [0.29, 0.717) is 19.4 Å². The van der Waals surface area contributed by atoms with Crippen molar-refractivity contribution in [2.75, 3.05) is 19.7 Å². The Labute approximate surface area is 128 Å². The van der Waals surface area contributed by atoms with Crippen LogP contribution in [0.5, 0.6) is 0 Å². The minimum absolute atomic E-state index is 0.0778. The third-order valence-corrected chi connectivity index (χ3v) is 3.83. The molecule has 1 aromatic rings. The van der Waals surface area contributed by atoms with Gasteiger partial charge in [0.25, 0.3) is 0 Å². The number of ether oxygens (including phenoxy) is 1. The molecule has 2 atom stereocenters. The molecule has 1 amide bonds. The lowest BCUT2D eigenvalue weighted by Gasteiger charge is -2.32. The molecule has 1 fully saturated rings. The van der Waals surface area contributed by atoms with Crippen LogP contribution in [-0.2, 0) is 20.7 Å². The molecular weight excluding hydrogens is 289 g/mol. The maximum atomic E-state index is 13.1. The van der Waals surface area contributed by atoms with Gasteiger partial charge in [0, 0.05) is 12.5 Å². The lowest BCUT2D eigenvalue weighted by molar-refractivity contribution is -0.160. The zero-order valence-electron chi connectivity index (χ0n) is 12.5. The molecule has 0 aromatic heterocycles. The van der Waals surface area contributed by atoms with Crippen molar-refractivity contribution in [1.29, 1.82) is 0 Å². The predicted octanol–water partition coefficient (Wildman–Crippen LogP) is 1.71. The molecule has 5 nitrogen and oxygen atoms in total. The van der Waals surface area contributed by atoms with Gasteiger partial charge in [-0.05, 0) is 30.5 Å². The van der Waals surface area contributed by atoms with Crippen LogP contribution in [0.3, 0.4) is 0 Å². The number of carbonyl (C=O) groups is 2. The fraction of sp³-hybridized carbons (Fsp3) is 0.500. The molecule has 120 valence electrons. The molecule has 1 heterocycles. The number of morpholine rings is 1. The third kappa shape index (κ3) is 4.27. The van der Waals surface area contributed by atoms with E-state index in [9.17, 15) is 14.0 Å². The summed E-state index contributed by atoms with van der Waals surface area (Å²) in [5.41, 5.74) is 0.852. The van der Waals surface area contributed by atoms with E-state index in [-0.39, 0.29) is 30.8 Å². The van der Waals surface area contributed by atoms with Crippen LogP contribution in [0.25, 0.3) is 0 Å². The molecular formula is C16H20FNO4. The molecule has 6 heteroatoms. The number of benzene rings is 1. The van der Waals surface area contributed by atoms with E-state index >= 15 is 0 Å². The van der Waals surface area contributed by atoms with Crippen molar-refractivity contribution in [3.05, 3.63) is 35.6 Å². The number of hydrogen-bond acceptors (Lipinski definition) is 3. The number of carbonyl (C=O) groups excluding carboxylic acids is 1. The molecule has 0 radical (unpaired) electrons. The predicted molar refractivity (Wildman–Crippen MR) is 77.8 cm³/mol. The Morgan fingerprint density at radius 1 is 1.50 bits per heavy atom. The monoisotopic (exact) mass is 309 g/mol. The van der Waals surface area contributed by atoms with Crippen LogP contribution in [-0.4, -0.2) is 47.7 Å². The van der Waals surface area contributed by atoms with Crippen LogP contribution in [0.2, 0.25) is 0 Å². The number of carboxylic acids is 1. The summed E-state index contributed by atoms with van der Waals surface area (Å²) < 4.78 is 18.2. The average Bonchev–Trinajstić information content (AvgIpc) is 2.52. The van der Waals surface area contributed by atoms with E-state index in [1.54, 1.807) is 11.0 Å². The second-order valence-electron chi connectivity index (χ2n) is 5.55. The fourth-order valence-electron chi connectivity index (χ4n) is 2.51. The summed E-state index contributed by atoms with van der Waals surface area (Å²) >= 11 is 0. The fourth-order valence-corrected chi connectivity index (χ4v) is 2.51. The highest BCUT2D eigenvalue weighted by Gasteiger charge is 2.30. The Hall–Kier alpha value is -1.95. The highest BCUT2D eigenvalue weighted by molar-refractivity contribution is 5.80. The van der Waals surface area contributed by atoms with Gasteiger partial charge in [-0.15, -0.1) is 0 Å². The Bertz CT molecular complexity index is 549. The third-order valence-electron chi connectivity index (χ3n) is 3.83. The number of halogens is 1. The second-order valence-corrected chi connectivity index (χ2v) is 5.55. The van der Waals surface area contributed by atoms with Crippen LogP contribution in [0.15, 0.2) is 24.3 Å². The van der Waals surface area contributed by atoms with E-state index in [2.05, 4.69) is 0 Å². The molecule has 0 aliphatic carbocycles. The summed E-state index contributed by atoms with van der Waals surface area (Å²) in [6.07, 6.45) is 0.252. The van der Waals surface area contributed by atoms with Crippen LogP contribution < -0.4 is 0 Å². The summed E-state index contributed by atoms with van der Waals surface area (Å²) in [6, 6.07) is 6.33. The van der Waals surface area contributed by atoms with Gasteiger partial charge < -0.3 is 14.7 Å². The Morgan fingerprint density at radius 2 is 2.27 bits per heavy atom. The summed E-state index contributed by atoms with van der Waals surface area (Å²) in [7, 11) is 0. The topological polar surface area (TPSA) is 66.8 Å². The maximum Gasteiger partial charge on any atom is 0.334 e. The van der Waals surface area contributed by atoms with E-state index in [1.807, 2.05) is 13.0 Å². The Kier molecular flexibility index (Phi) is 5.49. The van der Waals surface area contributed by atoms with E-state index in [1.165, 1.54) is 12.1 Å². The standard InChI is InChI=1S/C16H20FNO4/c1-11(5-6-12-3-2-4-13(17)9-12)15(19)18-7-8-22-14(10-18)16(20)21/h2-4,9,11,14H,5-8,10H2,1H3,(H,20,21). The minimum Gasteiger partial charge on any atom is -0.479 e. The molecule has 0 saturated carbocycles. The van der Waals surface area contributed by atoms with Gasteiger partial charge in [-0.1, -0.05) is 19.1 Å². The highest BCUT2D eigenvalue weighted by Crippen LogP contribution is 2.15. The van der Waals surface area contributed by atoms with Crippen molar-refractivity contribution in [2.24, 2.45) is 5.92 Å². The van der Waals surface area contributed by atoms with E-state index < -0.39 is 12.1 Å². The first-order chi connectivity index (χ1) is 10.5. The van der Waals surface area contributed by atoms with Crippen molar-refractivity contribution < 1.29 is 23.8 Å². The van der Waals surface area contributed by atoms with Crippen molar-refractivity contribution in [3.8, 4) is 0 Å². The normalized spacial score (nSPS) is 19.7. The summed E-state index contributed by atoms with van der Waals surface area (Å²) in [6.45, 7) is 2.54. The summed E-state index contributed by atoms with van der Waals surface area (Å²) in [5, 5.41) is 8.96. The van der Waals surface area contributed by atoms with Crippen molar-refractivity contribution >= 4 is 11.9 Å². The van der Waals surface area contributed by atoms with Crippen molar-refractivity contribution in [2.45, 2.75) is 25.9 Å². The zero-order chi connectivity index (χ0) is 16.1. The largest absolute Gasteiger partial charge is 0.479 e. The Balaban J connectivity index is 1.87. The molecule has 1 aromatic carbocycles. The first-order valence-electron chi connectivity index (χ1n) is 7.35. The van der Waals surface area contributed by atoms with Gasteiger partial charge in [-0.25, -0.2) is 9.18 Å². The molecule has 2 rings (SSSR count). The molecule has 1 aliphatic rings. The number of aryl methyl sites for hydroxylation is 1. The second kappa shape index (κ2) is 7.35. The van der Waals surface area contributed by atoms with Crippen LogP contribution >= 0.6 is 0 Å². The lowest BCUT2D eigenvalue weighted by Crippen LogP contribution is -2.50. The lowest BCUT2D eigenvalue weighted by atomic mass is 9.99. The average molecular weight is 309 g/mol. The van der Waals surface area contributed by atoms with Gasteiger partial charge in [0.05, 0.1) is 13.2 Å². The first-order valence-corrected chi connectivity index (χ1v) is 7.35. The smallest absolute Gasteiger partial charge is 0.334 e. The molecule has 1 aliphatic heterocycles. The number of carboxylic acid groups (broad SMARTS) is 1. The van der Waals surface area contributed by atoms with E-state index in [0.717, 1.165) is 5.56 Å². The number of amides is 1. The number of rotatable bonds is 5. The molecule has 22 heavy (non-hydrogen) atoms. The zero-order valence-corrected chi connectivity index (χ0v) is 12.5. The van der Waals surface area contributed by atoms with E-state index in [4.69, 9.17) is 9.84 Å². The van der Waals surface area contributed by atoms with Gasteiger partial charge in [0.2, 0.25) is 5.91 Å². The number of aliphatic carboxylic acids is 1. The molecule has 2 unspecified atom stereocenters. The molecule has 1 saturated heterocycles. The summed E-state index contributed by atoms with van der Waals surface area (Å²) in [5.74, 6) is -1.65. The SMILES string of the molecule is CC(CCc1cccc(F)c1)C(=O)N1CCOC(C(=O)O)C1. The quantitative estimate of drug-likeness (QED) is 0.899. The Morgan fingerprint density at radius 3 is 2.95 bits per heavy atom. The first kappa shape index (κ1) is 16.4. The van der Waals surface area contributed by atoms with Gasteiger partial charge >= 0.3 is 5.97 Å².